The Morgan fingerprint density at radius 3 is 2.71 bits per heavy atom. The number of hydrogen-bond donors (Lipinski definition) is 3. The number of amides is 2. The summed E-state index contributed by atoms with van der Waals surface area (Å²) in [5.74, 6) is 0.397. The van der Waals surface area contributed by atoms with Gasteiger partial charge in [0.2, 0.25) is 0 Å². The van der Waals surface area contributed by atoms with E-state index in [4.69, 9.17) is 5.11 Å². The first kappa shape index (κ1) is 18.9. The second kappa shape index (κ2) is 7.87. The molecule has 150 valence electrons. The third kappa shape index (κ3) is 4.49. The van der Waals surface area contributed by atoms with Crippen LogP contribution in [0.1, 0.15) is 54.6 Å². The summed E-state index contributed by atoms with van der Waals surface area (Å²) in [6, 6.07) is 3.34. The Labute approximate surface area is 163 Å². The number of aromatic nitrogens is 1. The summed E-state index contributed by atoms with van der Waals surface area (Å²) in [7, 11) is 0. The molecule has 1 aromatic rings. The molecule has 3 aliphatic rings. The minimum absolute atomic E-state index is 0.0414. The van der Waals surface area contributed by atoms with Gasteiger partial charge in [-0.25, -0.2) is 9.78 Å². The lowest BCUT2D eigenvalue weighted by atomic mass is 9.85. The van der Waals surface area contributed by atoms with Gasteiger partial charge in [-0.2, -0.15) is 0 Å². The number of nitrogens with one attached hydrogen (secondary N) is 2. The summed E-state index contributed by atoms with van der Waals surface area (Å²) < 4.78 is 0. The number of carboxylic acid groups (broad SMARTS) is 1. The van der Waals surface area contributed by atoms with Crippen LogP contribution >= 0.6 is 0 Å². The Bertz CT molecular complexity index is 786. The van der Waals surface area contributed by atoms with Crippen molar-refractivity contribution in [2.75, 3.05) is 18.4 Å². The zero-order valence-corrected chi connectivity index (χ0v) is 15.8. The molecule has 0 radical (unpaired) electrons. The van der Waals surface area contributed by atoms with Gasteiger partial charge in [0, 0.05) is 30.6 Å². The highest BCUT2D eigenvalue weighted by molar-refractivity contribution is 5.98. The van der Waals surface area contributed by atoms with Crippen molar-refractivity contribution >= 4 is 23.6 Å². The van der Waals surface area contributed by atoms with Gasteiger partial charge < -0.3 is 10.4 Å². The van der Waals surface area contributed by atoms with Crippen LogP contribution in [0.15, 0.2) is 12.1 Å². The molecular weight excluding hydrogens is 360 g/mol. The van der Waals surface area contributed by atoms with E-state index >= 15 is 0 Å². The summed E-state index contributed by atoms with van der Waals surface area (Å²) >= 11 is 0. The van der Waals surface area contributed by atoms with Crippen LogP contribution < -0.4 is 10.6 Å². The third-order valence-electron chi connectivity index (χ3n) is 5.83. The summed E-state index contributed by atoms with van der Waals surface area (Å²) in [5.41, 5.74) is 1.41. The van der Waals surface area contributed by atoms with Crippen LogP contribution in [-0.2, 0) is 11.2 Å². The van der Waals surface area contributed by atoms with E-state index in [1.165, 1.54) is 12.8 Å². The van der Waals surface area contributed by atoms with E-state index in [0.717, 1.165) is 37.9 Å². The molecule has 0 bridgehead atoms. The van der Waals surface area contributed by atoms with Crippen LogP contribution in [0.25, 0.3) is 0 Å². The van der Waals surface area contributed by atoms with E-state index in [0.29, 0.717) is 23.7 Å². The summed E-state index contributed by atoms with van der Waals surface area (Å²) in [4.78, 5) is 41.6. The minimum Gasteiger partial charge on any atom is -0.480 e. The van der Waals surface area contributed by atoms with Crippen LogP contribution in [0.2, 0.25) is 0 Å². The number of hydrogen-bond acceptors (Lipinski definition) is 5. The second-order valence-corrected chi connectivity index (χ2v) is 8.15. The van der Waals surface area contributed by atoms with Crippen molar-refractivity contribution in [2.24, 2.45) is 5.92 Å². The predicted molar refractivity (Wildman–Crippen MR) is 102 cm³/mol. The van der Waals surface area contributed by atoms with Crippen molar-refractivity contribution in [3.8, 4) is 0 Å². The highest BCUT2D eigenvalue weighted by atomic mass is 16.4. The van der Waals surface area contributed by atoms with Crippen LogP contribution in [0, 0.1) is 5.92 Å². The maximum absolute atomic E-state index is 12.3. The minimum atomic E-state index is -0.799. The number of ketones is 1. The average Bonchev–Trinajstić information content (AvgIpc) is 3.41. The SMILES string of the molecule is O=C(O)CN(CC1CC1)C1CC(NC(=O)Nc2ccc3c(n2)CCCC3=O)C1. The van der Waals surface area contributed by atoms with Crippen LogP contribution in [0.4, 0.5) is 10.6 Å². The number of rotatable bonds is 7. The lowest BCUT2D eigenvalue weighted by molar-refractivity contribution is -0.139. The van der Waals surface area contributed by atoms with E-state index in [1.807, 2.05) is 4.90 Å². The molecule has 0 atom stereocenters. The fraction of sp³-hybridized carbons (Fsp3) is 0.600. The second-order valence-electron chi connectivity index (χ2n) is 8.15. The van der Waals surface area contributed by atoms with Crippen molar-refractivity contribution in [1.29, 1.82) is 0 Å². The molecule has 0 unspecified atom stereocenters. The number of urea groups is 1. The molecule has 0 spiro atoms. The summed E-state index contributed by atoms with van der Waals surface area (Å²) in [6.07, 6.45) is 6.01. The quantitative estimate of drug-likeness (QED) is 0.661. The molecule has 0 aliphatic heterocycles. The molecule has 0 aromatic carbocycles. The molecule has 8 heteroatoms. The number of aliphatic carboxylic acids is 1. The van der Waals surface area contributed by atoms with Gasteiger partial charge in [-0.1, -0.05) is 0 Å². The van der Waals surface area contributed by atoms with E-state index < -0.39 is 5.97 Å². The maximum Gasteiger partial charge on any atom is 0.320 e. The highest BCUT2D eigenvalue weighted by Gasteiger charge is 2.37. The summed E-state index contributed by atoms with van der Waals surface area (Å²) in [6.45, 7) is 0.908. The Balaban J connectivity index is 1.26. The van der Waals surface area contributed by atoms with Crippen molar-refractivity contribution in [3.05, 3.63) is 23.4 Å². The number of fused-ring (bicyclic) bond motifs is 1. The number of Topliss-reactive ketones (excluding diaryl/α,β-unsaturated/α-hetero) is 1. The topological polar surface area (TPSA) is 112 Å². The molecule has 4 rings (SSSR count). The zero-order chi connectivity index (χ0) is 19.7. The standard InChI is InChI=1S/C20H26N4O4/c25-17-3-1-2-16-15(17)6-7-18(22-16)23-20(28)21-13-8-14(9-13)24(11-19(26)27)10-12-4-5-12/h6-7,12-14H,1-5,8-11H2,(H,26,27)(H2,21,22,23,28). The van der Waals surface area contributed by atoms with Crippen LogP contribution in [-0.4, -0.2) is 57.9 Å². The molecule has 3 aliphatic carbocycles. The normalized spacial score (nSPS) is 23.7. The number of pyridine rings is 1. The van der Waals surface area contributed by atoms with Crippen molar-refractivity contribution in [2.45, 2.75) is 57.0 Å². The van der Waals surface area contributed by atoms with Gasteiger partial charge in [0.15, 0.2) is 5.78 Å². The van der Waals surface area contributed by atoms with E-state index in [9.17, 15) is 14.4 Å². The van der Waals surface area contributed by atoms with Crippen LogP contribution in [0.3, 0.4) is 0 Å². The van der Waals surface area contributed by atoms with E-state index in [2.05, 4.69) is 15.6 Å². The first-order valence-corrected chi connectivity index (χ1v) is 10.0. The Morgan fingerprint density at radius 2 is 2.00 bits per heavy atom. The van der Waals surface area contributed by atoms with Gasteiger partial charge in [-0.3, -0.25) is 19.8 Å². The smallest absolute Gasteiger partial charge is 0.320 e. The van der Waals surface area contributed by atoms with Gasteiger partial charge in [-0.05, 0) is 56.6 Å². The Morgan fingerprint density at radius 1 is 1.21 bits per heavy atom. The number of anilines is 1. The first-order valence-electron chi connectivity index (χ1n) is 10.0. The first-order chi connectivity index (χ1) is 13.5. The lowest BCUT2D eigenvalue weighted by Gasteiger charge is -2.42. The number of nitrogens with zero attached hydrogens (tertiary/aromatic N) is 2. The number of aryl methyl sites for hydroxylation is 1. The van der Waals surface area contributed by atoms with Gasteiger partial charge in [0.05, 0.1) is 12.2 Å². The number of carbonyl (C=O) groups excluding carboxylic acids is 2. The molecule has 3 N–H and O–H groups in total. The Hall–Kier alpha value is -2.48. The Kier molecular flexibility index (Phi) is 5.30. The fourth-order valence-corrected chi connectivity index (χ4v) is 4.06. The van der Waals surface area contributed by atoms with Crippen molar-refractivity contribution in [1.82, 2.24) is 15.2 Å². The zero-order valence-electron chi connectivity index (χ0n) is 15.8. The molecule has 2 fully saturated rings. The van der Waals surface area contributed by atoms with E-state index in [1.54, 1.807) is 12.1 Å². The third-order valence-corrected chi connectivity index (χ3v) is 5.83. The molecular formula is C20H26N4O4. The average molecular weight is 386 g/mol. The molecule has 2 saturated carbocycles. The highest BCUT2D eigenvalue weighted by Crippen LogP contribution is 2.33. The molecule has 1 aromatic heterocycles. The molecule has 2 amide bonds. The van der Waals surface area contributed by atoms with E-state index in [-0.39, 0.29) is 30.4 Å². The maximum atomic E-state index is 12.3. The van der Waals surface area contributed by atoms with Gasteiger partial charge in [0.1, 0.15) is 5.82 Å². The largest absolute Gasteiger partial charge is 0.480 e. The summed E-state index contributed by atoms with van der Waals surface area (Å²) in [5, 5.41) is 14.8. The molecule has 1 heterocycles. The van der Waals surface area contributed by atoms with Crippen molar-refractivity contribution < 1.29 is 19.5 Å². The molecule has 0 saturated heterocycles. The fourth-order valence-electron chi connectivity index (χ4n) is 4.06. The van der Waals surface area contributed by atoms with Gasteiger partial charge in [0.25, 0.3) is 0 Å². The van der Waals surface area contributed by atoms with Crippen LogP contribution in [0.5, 0.6) is 0 Å². The number of carboxylic acids is 1. The molecule has 28 heavy (non-hydrogen) atoms. The monoisotopic (exact) mass is 386 g/mol. The van der Waals surface area contributed by atoms with Gasteiger partial charge in [-0.15, -0.1) is 0 Å². The lowest BCUT2D eigenvalue weighted by Crippen LogP contribution is -2.55. The predicted octanol–water partition coefficient (Wildman–Crippen LogP) is 2.05. The number of carbonyl (C=O) groups is 3. The van der Waals surface area contributed by atoms with Gasteiger partial charge >= 0.3 is 12.0 Å². The van der Waals surface area contributed by atoms with Crippen molar-refractivity contribution in [3.63, 3.8) is 0 Å². The molecule has 8 nitrogen and oxygen atoms in total.